The van der Waals surface area contributed by atoms with Gasteiger partial charge in [-0.25, -0.2) is 26.9 Å². The van der Waals surface area contributed by atoms with Crippen LogP contribution in [0.1, 0.15) is 31.0 Å². The minimum Gasteiger partial charge on any atom is -0.435 e. The number of hydrogen-bond acceptors (Lipinski definition) is 4. The number of nitrogens with zero attached hydrogens (tertiary/aromatic N) is 2. The van der Waals surface area contributed by atoms with Crippen LogP contribution in [0, 0.1) is 22.4 Å². The lowest BCUT2D eigenvalue weighted by Gasteiger charge is -2.22. The van der Waals surface area contributed by atoms with Crippen molar-refractivity contribution < 1.29 is 30.9 Å². The van der Waals surface area contributed by atoms with Crippen LogP contribution in [0.2, 0.25) is 0 Å². The number of halogens is 5. The Labute approximate surface area is 229 Å². The van der Waals surface area contributed by atoms with E-state index in [1.54, 1.807) is 16.7 Å². The van der Waals surface area contributed by atoms with Crippen molar-refractivity contribution in [3.05, 3.63) is 71.7 Å². The van der Waals surface area contributed by atoms with Gasteiger partial charge in [0, 0.05) is 23.6 Å². The molecule has 1 aliphatic heterocycles. The van der Waals surface area contributed by atoms with Gasteiger partial charge >= 0.3 is 6.61 Å². The van der Waals surface area contributed by atoms with Crippen LogP contribution >= 0.6 is 0 Å². The van der Waals surface area contributed by atoms with Gasteiger partial charge in [0.2, 0.25) is 0 Å². The van der Waals surface area contributed by atoms with Crippen LogP contribution in [0.5, 0.6) is 5.75 Å². The fourth-order valence-electron chi connectivity index (χ4n) is 4.26. The molecule has 4 rings (SSSR count). The lowest BCUT2D eigenvalue weighted by Crippen LogP contribution is -2.43. The summed E-state index contributed by atoms with van der Waals surface area (Å²) in [6.07, 6.45) is 4.42. The number of rotatable bonds is 10. The third kappa shape index (κ3) is 6.37. The minimum absolute atomic E-state index is 0.0838. The predicted octanol–water partition coefficient (Wildman–Crippen LogP) is 6.11. The highest BCUT2D eigenvalue weighted by Gasteiger charge is 2.28. The Morgan fingerprint density at radius 1 is 1.20 bits per heavy atom. The molecule has 3 aromatic rings. The second-order valence-electron chi connectivity index (χ2n) is 8.99. The van der Waals surface area contributed by atoms with E-state index < -0.39 is 47.0 Å². The number of ether oxygens (including phenoxy) is 1. The number of dihydropyridines is 1. The van der Waals surface area contributed by atoms with E-state index >= 15 is 0 Å². The molecule has 2 atom stereocenters. The molecular formula is C28H27F5N4O2S. The first-order valence-corrected chi connectivity index (χ1v) is 14.1. The standard InChI is InChI=1S/C28H27F5N4O2S/c1-2-3-4-5-24-23-12-10-21(39-28(32)33)14-26(23)37(20-8-6-18(31)7-9-20)27(24)25-13-11-22(17-35-25)40(34,38)36-19(15-29)16-30/h6-14,19,22,28H,2-3,15-17H2,1H3,(H2,34,36,38). The van der Waals surface area contributed by atoms with Gasteiger partial charge in [0.1, 0.15) is 34.8 Å². The van der Waals surface area contributed by atoms with Gasteiger partial charge in [0.25, 0.3) is 0 Å². The molecule has 6 nitrogen and oxygen atoms in total. The smallest absolute Gasteiger partial charge is 0.387 e. The quantitative estimate of drug-likeness (QED) is 0.225. The van der Waals surface area contributed by atoms with Crippen LogP contribution in [-0.2, 0) is 9.92 Å². The first-order valence-electron chi connectivity index (χ1n) is 12.5. The van der Waals surface area contributed by atoms with Gasteiger partial charge < -0.3 is 9.30 Å². The molecule has 0 bridgehead atoms. The number of aromatic nitrogens is 1. The van der Waals surface area contributed by atoms with Crippen LogP contribution < -0.4 is 9.46 Å². The van der Waals surface area contributed by atoms with Crippen molar-refractivity contribution in [3.8, 4) is 23.3 Å². The van der Waals surface area contributed by atoms with Gasteiger partial charge in [-0.3, -0.25) is 4.99 Å². The molecule has 2 heterocycles. The fourth-order valence-corrected chi connectivity index (χ4v) is 5.64. The summed E-state index contributed by atoms with van der Waals surface area (Å²) in [7, 11) is -3.64. The van der Waals surface area contributed by atoms with Crippen LogP contribution in [0.4, 0.5) is 22.0 Å². The Kier molecular flexibility index (Phi) is 9.27. The first kappa shape index (κ1) is 29.3. The van der Waals surface area contributed by atoms with E-state index in [4.69, 9.17) is 4.78 Å². The molecular weight excluding hydrogens is 551 g/mol. The Morgan fingerprint density at radius 2 is 1.93 bits per heavy atom. The third-order valence-electron chi connectivity index (χ3n) is 6.13. The molecule has 0 fully saturated rings. The number of aliphatic imine (C=N–C) groups is 1. The van der Waals surface area contributed by atoms with E-state index in [9.17, 15) is 26.2 Å². The molecule has 1 aromatic heterocycles. The van der Waals surface area contributed by atoms with Gasteiger partial charge in [-0.05, 0) is 48.9 Å². The van der Waals surface area contributed by atoms with Gasteiger partial charge in [0.05, 0.1) is 40.3 Å². The highest BCUT2D eigenvalue weighted by molar-refractivity contribution is 7.91. The number of hydrogen-bond donors (Lipinski definition) is 2. The summed E-state index contributed by atoms with van der Waals surface area (Å²) in [4.78, 5) is 4.55. The zero-order valence-corrected chi connectivity index (χ0v) is 22.3. The number of alkyl halides is 4. The number of nitrogens with one attached hydrogen (secondary N) is 2. The topological polar surface area (TPSA) is 79.5 Å². The van der Waals surface area contributed by atoms with E-state index in [-0.39, 0.29) is 12.3 Å². The molecule has 2 N–H and O–H groups in total. The molecule has 0 aliphatic carbocycles. The third-order valence-corrected chi connectivity index (χ3v) is 7.97. The molecule has 2 aromatic carbocycles. The molecule has 0 spiro atoms. The Hall–Kier alpha value is -3.69. The zero-order valence-electron chi connectivity index (χ0n) is 21.5. The second kappa shape index (κ2) is 12.7. The minimum atomic E-state index is -3.64. The molecule has 1 aliphatic rings. The summed E-state index contributed by atoms with van der Waals surface area (Å²) in [5.74, 6) is 5.71. The summed E-state index contributed by atoms with van der Waals surface area (Å²) in [6.45, 7) is -3.43. The average Bonchev–Trinajstić information content (AvgIpc) is 3.25. The van der Waals surface area contributed by atoms with Crippen molar-refractivity contribution in [3.63, 3.8) is 0 Å². The highest BCUT2D eigenvalue weighted by Crippen LogP contribution is 2.34. The molecule has 12 heteroatoms. The van der Waals surface area contributed by atoms with Gasteiger partial charge in [0.15, 0.2) is 0 Å². The number of benzene rings is 2. The maximum absolute atomic E-state index is 13.8. The van der Waals surface area contributed by atoms with Crippen LogP contribution in [0.3, 0.4) is 0 Å². The summed E-state index contributed by atoms with van der Waals surface area (Å²) >= 11 is 0. The fraction of sp³-hybridized carbons (Fsp3) is 0.321. The molecule has 2 unspecified atom stereocenters. The monoisotopic (exact) mass is 578 g/mol. The van der Waals surface area contributed by atoms with Crippen molar-refractivity contribution in [2.24, 2.45) is 4.99 Å². The molecule has 212 valence electrons. The maximum atomic E-state index is 13.8. The first-order chi connectivity index (χ1) is 19.2. The van der Waals surface area contributed by atoms with Crippen LogP contribution in [0.25, 0.3) is 16.6 Å². The van der Waals surface area contributed by atoms with Crippen LogP contribution in [-0.4, -0.2) is 52.3 Å². The van der Waals surface area contributed by atoms with Crippen molar-refractivity contribution in [1.29, 1.82) is 4.78 Å². The lowest BCUT2D eigenvalue weighted by molar-refractivity contribution is -0.0497. The molecule has 0 saturated heterocycles. The van der Waals surface area contributed by atoms with Crippen molar-refractivity contribution in [2.45, 2.75) is 37.7 Å². The normalized spacial score (nSPS) is 16.6. The van der Waals surface area contributed by atoms with Crippen molar-refractivity contribution in [1.82, 2.24) is 9.29 Å². The van der Waals surface area contributed by atoms with E-state index in [0.29, 0.717) is 40.0 Å². The summed E-state index contributed by atoms with van der Waals surface area (Å²) in [6, 6.07) is 8.64. The Balaban J connectivity index is 1.89. The van der Waals surface area contributed by atoms with Crippen molar-refractivity contribution in [2.75, 3.05) is 19.9 Å². The van der Waals surface area contributed by atoms with E-state index in [1.165, 1.54) is 42.5 Å². The summed E-state index contributed by atoms with van der Waals surface area (Å²) in [5.41, 5.74) is 2.36. The van der Waals surface area contributed by atoms with E-state index in [1.807, 2.05) is 6.92 Å². The van der Waals surface area contributed by atoms with Gasteiger partial charge in [-0.1, -0.05) is 24.8 Å². The summed E-state index contributed by atoms with van der Waals surface area (Å²) < 4.78 is 95.5. The molecule has 0 amide bonds. The largest absolute Gasteiger partial charge is 0.435 e. The zero-order chi connectivity index (χ0) is 28.9. The van der Waals surface area contributed by atoms with Crippen LogP contribution in [0.15, 0.2) is 59.6 Å². The predicted molar refractivity (Wildman–Crippen MR) is 146 cm³/mol. The average molecular weight is 579 g/mol. The van der Waals surface area contributed by atoms with Gasteiger partial charge in [-0.2, -0.15) is 8.78 Å². The molecule has 40 heavy (non-hydrogen) atoms. The maximum Gasteiger partial charge on any atom is 0.387 e. The number of unbranched alkanes of at least 4 members (excludes halogenated alkanes) is 1. The number of allylic oxidation sites excluding steroid dienone is 1. The SMILES string of the molecule is CCCC#Cc1c(C2=NCC(S(=N)(=O)NC(CF)CF)C=C2)n(-c2ccc(F)cc2)c2cc(OC(F)F)ccc12. The highest BCUT2D eigenvalue weighted by atomic mass is 32.2. The molecule has 0 saturated carbocycles. The van der Waals surface area contributed by atoms with E-state index in [2.05, 4.69) is 26.3 Å². The van der Waals surface area contributed by atoms with Gasteiger partial charge in [-0.15, -0.1) is 0 Å². The number of fused-ring (bicyclic) bond motifs is 1. The molecule has 0 radical (unpaired) electrons. The lowest BCUT2D eigenvalue weighted by atomic mass is 10.1. The van der Waals surface area contributed by atoms with E-state index in [0.717, 1.165) is 6.42 Å². The Morgan fingerprint density at radius 3 is 2.52 bits per heavy atom. The summed E-state index contributed by atoms with van der Waals surface area (Å²) in [5, 5.41) is -0.344. The Bertz CT molecular complexity index is 1580. The second-order valence-corrected chi connectivity index (χ2v) is 11.0. The van der Waals surface area contributed by atoms with Crippen molar-refractivity contribution >= 4 is 26.5 Å².